The van der Waals surface area contributed by atoms with Crippen LogP contribution < -0.4 is 5.32 Å². The lowest BCUT2D eigenvalue weighted by Crippen LogP contribution is -2.71. The highest BCUT2D eigenvalue weighted by molar-refractivity contribution is 5.23. The molecule has 0 aromatic carbocycles. The first-order valence-electron chi connectivity index (χ1n) is 5.81. The van der Waals surface area contributed by atoms with Gasteiger partial charge in [0.15, 0.2) is 0 Å². The first kappa shape index (κ1) is 10.7. The molecule has 0 spiro atoms. The lowest BCUT2D eigenvalue weighted by molar-refractivity contribution is 0.0186. The molecule has 1 N–H and O–H groups in total. The average molecular weight is 207 g/mol. The number of hydrogen-bond donors (Lipinski definition) is 1. The maximum atomic E-state index is 4.02. The molecule has 3 fully saturated rings. The van der Waals surface area contributed by atoms with Gasteiger partial charge in [-0.15, -0.1) is 0 Å². The minimum absolute atomic E-state index is 0.309. The average Bonchev–Trinajstić information content (AvgIpc) is 2.14. The number of hydrazone groups is 1. The predicted octanol–water partition coefficient (Wildman–Crippen LogP) is 1.97. The maximum Gasteiger partial charge on any atom is 0.0591 e. The van der Waals surface area contributed by atoms with Crippen molar-refractivity contribution in [3.05, 3.63) is 12.3 Å². The summed E-state index contributed by atoms with van der Waals surface area (Å²) in [6.45, 7) is 8.93. The maximum absolute atomic E-state index is 4.02. The highest BCUT2D eigenvalue weighted by Gasteiger charge is 2.49. The highest BCUT2D eigenvalue weighted by Crippen LogP contribution is 2.41. The molecule has 1 aliphatic carbocycles. The minimum Gasteiger partial charge on any atom is -0.307 e. The molecule has 3 unspecified atom stereocenters. The van der Waals surface area contributed by atoms with E-state index in [-0.39, 0.29) is 0 Å². The molecule has 3 aliphatic rings. The largest absolute Gasteiger partial charge is 0.307 e. The van der Waals surface area contributed by atoms with Crippen molar-refractivity contribution in [2.24, 2.45) is 11.0 Å². The van der Waals surface area contributed by atoms with Gasteiger partial charge in [-0.2, -0.15) is 5.10 Å². The van der Waals surface area contributed by atoms with E-state index in [2.05, 4.69) is 24.1 Å². The molecule has 3 atom stereocenters. The van der Waals surface area contributed by atoms with Crippen molar-refractivity contribution in [3.63, 3.8) is 0 Å². The fraction of sp³-hybridized carbons (Fsp3) is 0.750. The molecular weight excluding hydrogens is 186 g/mol. The van der Waals surface area contributed by atoms with Crippen LogP contribution in [0, 0.1) is 5.92 Å². The number of hydrogen-bond acceptors (Lipinski definition) is 3. The third-order valence-corrected chi connectivity index (χ3v) is 3.54. The van der Waals surface area contributed by atoms with Crippen molar-refractivity contribution in [3.8, 4) is 0 Å². The third kappa shape index (κ3) is 2.07. The zero-order valence-electron chi connectivity index (χ0n) is 9.74. The van der Waals surface area contributed by atoms with Crippen LogP contribution in [0.5, 0.6) is 0 Å². The molecule has 3 heteroatoms. The van der Waals surface area contributed by atoms with Crippen LogP contribution in [0.4, 0.5) is 0 Å². The van der Waals surface area contributed by atoms with E-state index in [1.165, 1.54) is 19.3 Å². The van der Waals surface area contributed by atoms with Crippen LogP contribution in [-0.4, -0.2) is 29.9 Å². The Morgan fingerprint density at radius 2 is 2.33 bits per heavy atom. The van der Waals surface area contributed by atoms with Crippen LogP contribution in [0.15, 0.2) is 17.4 Å². The van der Waals surface area contributed by atoms with Crippen LogP contribution in [0.25, 0.3) is 0 Å². The molecule has 15 heavy (non-hydrogen) atoms. The summed E-state index contributed by atoms with van der Waals surface area (Å²) in [6.07, 6.45) is 7.92. The normalized spacial score (nSPS) is 38.8. The summed E-state index contributed by atoms with van der Waals surface area (Å²) >= 11 is 0. The lowest BCUT2D eigenvalue weighted by Gasteiger charge is -2.56. The molecule has 0 aromatic rings. The standard InChI is InChI=1S/C12H21N3/c1-4-5-15(13-3)9-12-7-10(2)6-11(8-12)14-12/h4-5,10-11,14H,3,6-9H2,1-2H3/b5-4-. The summed E-state index contributed by atoms with van der Waals surface area (Å²) in [6, 6.07) is 0.756. The van der Waals surface area contributed by atoms with Crippen molar-refractivity contribution in [2.45, 2.75) is 44.7 Å². The fourth-order valence-corrected chi connectivity index (χ4v) is 3.21. The molecule has 84 valence electrons. The molecule has 2 heterocycles. The first-order valence-corrected chi connectivity index (χ1v) is 5.81. The van der Waals surface area contributed by atoms with Crippen LogP contribution in [0.1, 0.15) is 33.1 Å². The van der Waals surface area contributed by atoms with E-state index >= 15 is 0 Å². The van der Waals surface area contributed by atoms with Gasteiger partial charge in [0.25, 0.3) is 0 Å². The lowest BCUT2D eigenvalue weighted by atomic mass is 9.66. The van der Waals surface area contributed by atoms with Gasteiger partial charge in [0, 0.05) is 24.5 Å². The van der Waals surface area contributed by atoms with E-state index < -0.39 is 0 Å². The van der Waals surface area contributed by atoms with Gasteiger partial charge in [0.2, 0.25) is 0 Å². The number of fused-ring (bicyclic) bond motifs is 2. The van der Waals surface area contributed by atoms with E-state index in [0.717, 1.165) is 18.5 Å². The Labute approximate surface area is 92.2 Å². The number of nitrogens with zero attached hydrogens (tertiary/aromatic N) is 2. The van der Waals surface area contributed by atoms with E-state index in [0.29, 0.717) is 5.54 Å². The molecule has 0 amide bonds. The summed E-state index contributed by atoms with van der Waals surface area (Å²) in [5, 5.41) is 9.65. The topological polar surface area (TPSA) is 27.6 Å². The second-order valence-electron chi connectivity index (χ2n) is 5.09. The van der Waals surface area contributed by atoms with E-state index in [4.69, 9.17) is 0 Å². The van der Waals surface area contributed by atoms with Gasteiger partial charge in [0.1, 0.15) is 0 Å². The zero-order chi connectivity index (χ0) is 10.9. The Balaban J connectivity index is 1.96. The van der Waals surface area contributed by atoms with Gasteiger partial charge < -0.3 is 5.32 Å². The molecule has 1 saturated carbocycles. The summed E-state index contributed by atoms with van der Waals surface area (Å²) in [4.78, 5) is 0. The van der Waals surface area contributed by atoms with Crippen molar-refractivity contribution in [1.82, 2.24) is 10.3 Å². The van der Waals surface area contributed by atoms with Gasteiger partial charge >= 0.3 is 0 Å². The highest BCUT2D eigenvalue weighted by atomic mass is 15.4. The SMILES string of the molecule is C=NN(/C=C\C)CC12CC(C)CC(C1)N2. The number of allylic oxidation sites excluding steroid dienone is 1. The smallest absolute Gasteiger partial charge is 0.0591 e. The molecule has 3 nitrogen and oxygen atoms in total. The van der Waals surface area contributed by atoms with Crippen LogP contribution >= 0.6 is 0 Å². The van der Waals surface area contributed by atoms with Gasteiger partial charge in [-0.05, 0) is 32.1 Å². The number of rotatable bonds is 4. The molecule has 2 bridgehead atoms. The monoisotopic (exact) mass is 207 g/mol. The van der Waals surface area contributed by atoms with Crippen molar-refractivity contribution >= 4 is 6.72 Å². The Kier molecular flexibility index (Phi) is 2.83. The van der Waals surface area contributed by atoms with Gasteiger partial charge in [0.05, 0.1) is 6.54 Å². The summed E-state index contributed by atoms with van der Waals surface area (Å²) in [5.74, 6) is 0.849. The van der Waals surface area contributed by atoms with Gasteiger partial charge in [-0.3, -0.25) is 5.01 Å². The molecule has 2 saturated heterocycles. The molecule has 0 radical (unpaired) electrons. The summed E-state index contributed by atoms with van der Waals surface area (Å²) in [7, 11) is 0. The van der Waals surface area contributed by atoms with E-state index in [9.17, 15) is 0 Å². The Bertz CT molecular complexity index is 266. The quantitative estimate of drug-likeness (QED) is 0.564. The van der Waals surface area contributed by atoms with Gasteiger partial charge in [-0.1, -0.05) is 13.0 Å². The van der Waals surface area contributed by atoms with Crippen LogP contribution in [0.2, 0.25) is 0 Å². The Morgan fingerprint density at radius 1 is 1.60 bits per heavy atom. The molecule has 0 aromatic heterocycles. The molecular formula is C12H21N3. The second-order valence-corrected chi connectivity index (χ2v) is 5.09. The van der Waals surface area contributed by atoms with Crippen LogP contribution in [-0.2, 0) is 0 Å². The van der Waals surface area contributed by atoms with Crippen molar-refractivity contribution in [1.29, 1.82) is 0 Å². The number of piperidine rings is 1. The summed E-state index contributed by atoms with van der Waals surface area (Å²) in [5.41, 5.74) is 0.309. The van der Waals surface area contributed by atoms with Gasteiger partial charge in [-0.25, -0.2) is 0 Å². The number of nitrogens with one attached hydrogen (secondary N) is 1. The Hall–Kier alpha value is -0.830. The van der Waals surface area contributed by atoms with Crippen molar-refractivity contribution in [2.75, 3.05) is 6.54 Å². The fourth-order valence-electron chi connectivity index (χ4n) is 3.21. The summed E-state index contributed by atoms with van der Waals surface area (Å²) < 4.78 is 0. The van der Waals surface area contributed by atoms with Crippen LogP contribution in [0.3, 0.4) is 0 Å². The third-order valence-electron chi connectivity index (χ3n) is 3.54. The minimum atomic E-state index is 0.309. The molecule has 3 rings (SSSR count). The van der Waals surface area contributed by atoms with E-state index in [1.54, 1.807) is 0 Å². The zero-order valence-corrected chi connectivity index (χ0v) is 9.74. The predicted molar refractivity (Wildman–Crippen MR) is 63.7 cm³/mol. The Morgan fingerprint density at radius 3 is 2.87 bits per heavy atom. The first-order chi connectivity index (χ1) is 7.17. The van der Waals surface area contributed by atoms with Crippen molar-refractivity contribution < 1.29 is 0 Å². The second kappa shape index (κ2) is 3.97. The van der Waals surface area contributed by atoms with E-state index in [1.807, 2.05) is 24.2 Å². The molecule has 2 aliphatic heterocycles.